The highest BCUT2D eigenvalue weighted by molar-refractivity contribution is 7.10. The van der Waals surface area contributed by atoms with E-state index < -0.39 is 0 Å². The smallest absolute Gasteiger partial charge is 0.319 e. The second kappa shape index (κ2) is 6.89. The van der Waals surface area contributed by atoms with Gasteiger partial charge >= 0.3 is 6.03 Å². The van der Waals surface area contributed by atoms with Crippen molar-refractivity contribution in [3.8, 4) is 0 Å². The van der Waals surface area contributed by atoms with Gasteiger partial charge in [0.15, 0.2) is 0 Å². The fraction of sp³-hybridized carbons (Fsp3) is 0.375. The topological polar surface area (TPSA) is 57.3 Å². The lowest BCUT2D eigenvalue weighted by Gasteiger charge is -2.32. The lowest BCUT2D eigenvalue weighted by atomic mass is 10.1. The van der Waals surface area contributed by atoms with Crippen molar-refractivity contribution >= 4 is 23.1 Å². The summed E-state index contributed by atoms with van der Waals surface area (Å²) in [6.45, 7) is 4.82. The van der Waals surface area contributed by atoms with E-state index in [4.69, 9.17) is 0 Å². The van der Waals surface area contributed by atoms with Crippen molar-refractivity contribution in [3.63, 3.8) is 0 Å². The molecule has 2 aromatic heterocycles. The van der Waals surface area contributed by atoms with Crippen LogP contribution in [0.3, 0.4) is 0 Å². The third-order valence-corrected chi connectivity index (χ3v) is 4.96. The Bertz CT molecular complexity index is 628. The Morgan fingerprint density at radius 3 is 3.23 bits per heavy atom. The van der Waals surface area contributed by atoms with Crippen LogP contribution in [0, 0.1) is 0 Å². The number of amides is 2. The van der Waals surface area contributed by atoms with E-state index in [0.29, 0.717) is 18.3 Å². The molecule has 1 aliphatic rings. The molecule has 2 amide bonds. The van der Waals surface area contributed by atoms with Crippen molar-refractivity contribution in [3.05, 3.63) is 46.4 Å². The number of hydrogen-bond donors (Lipinski definition) is 2. The number of aromatic nitrogens is 1. The van der Waals surface area contributed by atoms with E-state index in [-0.39, 0.29) is 6.03 Å². The molecule has 5 nitrogen and oxygen atoms in total. The summed E-state index contributed by atoms with van der Waals surface area (Å²) in [6, 6.07) is 5.95. The SMILES string of the molecule is C[C@@H](CNC(=O)Nc1cccnc1)N1CCc2sccc2C1. The van der Waals surface area contributed by atoms with E-state index in [1.54, 1.807) is 18.5 Å². The molecule has 1 aliphatic heterocycles. The largest absolute Gasteiger partial charge is 0.336 e. The van der Waals surface area contributed by atoms with E-state index in [1.807, 2.05) is 17.4 Å². The van der Waals surface area contributed by atoms with E-state index in [9.17, 15) is 4.79 Å². The van der Waals surface area contributed by atoms with Crippen molar-refractivity contribution in [1.82, 2.24) is 15.2 Å². The minimum atomic E-state index is -0.187. The summed E-state index contributed by atoms with van der Waals surface area (Å²) in [6.07, 6.45) is 4.42. The molecular formula is C16H20N4OS. The lowest BCUT2D eigenvalue weighted by molar-refractivity contribution is 0.188. The van der Waals surface area contributed by atoms with Gasteiger partial charge in [-0.1, -0.05) is 0 Å². The predicted octanol–water partition coefficient (Wildman–Crippen LogP) is 2.71. The van der Waals surface area contributed by atoms with Crippen LogP contribution in [0.1, 0.15) is 17.4 Å². The maximum atomic E-state index is 11.9. The monoisotopic (exact) mass is 316 g/mol. The number of hydrogen-bond acceptors (Lipinski definition) is 4. The third kappa shape index (κ3) is 3.64. The average Bonchev–Trinajstić information content (AvgIpc) is 3.01. The fourth-order valence-electron chi connectivity index (χ4n) is 2.63. The zero-order chi connectivity index (χ0) is 15.4. The third-order valence-electron chi connectivity index (χ3n) is 3.94. The van der Waals surface area contributed by atoms with Crippen molar-refractivity contribution in [2.45, 2.75) is 25.9 Å². The van der Waals surface area contributed by atoms with Crippen molar-refractivity contribution in [2.75, 3.05) is 18.4 Å². The molecule has 0 bridgehead atoms. The molecule has 0 unspecified atom stereocenters. The first kappa shape index (κ1) is 15.0. The van der Waals surface area contributed by atoms with Crippen LogP contribution in [0.15, 0.2) is 36.0 Å². The van der Waals surface area contributed by atoms with E-state index in [2.05, 4.69) is 38.9 Å². The zero-order valence-electron chi connectivity index (χ0n) is 12.6. The Morgan fingerprint density at radius 1 is 1.50 bits per heavy atom. The molecule has 0 spiro atoms. The normalized spacial score (nSPS) is 15.9. The highest BCUT2D eigenvalue weighted by Gasteiger charge is 2.21. The summed E-state index contributed by atoms with van der Waals surface area (Å²) in [4.78, 5) is 19.8. The summed E-state index contributed by atoms with van der Waals surface area (Å²) in [5, 5.41) is 7.88. The van der Waals surface area contributed by atoms with Gasteiger partial charge in [-0.3, -0.25) is 9.88 Å². The summed E-state index contributed by atoms with van der Waals surface area (Å²) >= 11 is 1.85. The molecule has 0 fully saturated rings. The number of pyridine rings is 1. The van der Waals surface area contributed by atoms with Crippen molar-refractivity contribution in [2.24, 2.45) is 0 Å². The van der Waals surface area contributed by atoms with Gasteiger partial charge in [-0.2, -0.15) is 0 Å². The Balaban J connectivity index is 1.46. The van der Waals surface area contributed by atoms with Crippen LogP contribution in [-0.2, 0) is 13.0 Å². The Kier molecular flexibility index (Phi) is 4.70. The molecule has 0 saturated heterocycles. The molecule has 0 aromatic carbocycles. The van der Waals surface area contributed by atoms with Crippen molar-refractivity contribution < 1.29 is 4.79 Å². The average molecular weight is 316 g/mol. The minimum Gasteiger partial charge on any atom is -0.336 e. The minimum absolute atomic E-state index is 0.187. The first-order valence-electron chi connectivity index (χ1n) is 7.46. The van der Waals surface area contributed by atoms with Gasteiger partial charge in [0.1, 0.15) is 0 Å². The summed E-state index contributed by atoms with van der Waals surface area (Å²) in [5.74, 6) is 0. The molecule has 22 heavy (non-hydrogen) atoms. The molecular weight excluding hydrogens is 296 g/mol. The highest BCUT2D eigenvalue weighted by atomic mass is 32.1. The second-order valence-electron chi connectivity index (χ2n) is 5.52. The Hall–Kier alpha value is -1.92. The maximum Gasteiger partial charge on any atom is 0.319 e. The summed E-state index contributed by atoms with van der Waals surface area (Å²) < 4.78 is 0. The molecule has 3 rings (SSSR count). The molecule has 0 saturated carbocycles. The van der Waals surface area contributed by atoms with Gasteiger partial charge < -0.3 is 10.6 Å². The lowest BCUT2D eigenvalue weighted by Crippen LogP contribution is -2.45. The van der Waals surface area contributed by atoms with Crippen LogP contribution in [0.4, 0.5) is 10.5 Å². The molecule has 2 N–H and O–H groups in total. The van der Waals surface area contributed by atoms with E-state index >= 15 is 0 Å². The number of rotatable bonds is 4. The van der Waals surface area contributed by atoms with Crippen LogP contribution < -0.4 is 10.6 Å². The van der Waals surface area contributed by atoms with Gasteiger partial charge in [-0.15, -0.1) is 11.3 Å². The number of carbonyl (C=O) groups excluding carboxylic acids is 1. The molecule has 6 heteroatoms. The van der Waals surface area contributed by atoms with Gasteiger partial charge in [-0.05, 0) is 42.5 Å². The number of nitrogens with one attached hydrogen (secondary N) is 2. The maximum absolute atomic E-state index is 11.9. The Labute approximate surface area is 134 Å². The Morgan fingerprint density at radius 2 is 2.41 bits per heavy atom. The number of urea groups is 1. The van der Waals surface area contributed by atoms with Gasteiger partial charge in [0.25, 0.3) is 0 Å². The van der Waals surface area contributed by atoms with Gasteiger partial charge in [-0.25, -0.2) is 4.79 Å². The molecule has 116 valence electrons. The molecule has 2 aromatic rings. The first-order chi connectivity index (χ1) is 10.7. The molecule has 1 atom stereocenters. The highest BCUT2D eigenvalue weighted by Crippen LogP contribution is 2.24. The van der Waals surface area contributed by atoms with E-state index in [1.165, 1.54) is 10.4 Å². The fourth-order valence-corrected chi connectivity index (χ4v) is 3.52. The number of thiophene rings is 1. The zero-order valence-corrected chi connectivity index (χ0v) is 13.4. The number of fused-ring (bicyclic) bond motifs is 1. The van der Waals surface area contributed by atoms with Gasteiger partial charge in [0, 0.05) is 36.8 Å². The number of carbonyl (C=O) groups is 1. The first-order valence-corrected chi connectivity index (χ1v) is 8.34. The van der Waals surface area contributed by atoms with Crippen molar-refractivity contribution in [1.29, 1.82) is 0 Å². The summed E-state index contributed by atoms with van der Waals surface area (Å²) in [5.41, 5.74) is 2.14. The number of anilines is 1. The van der Waals surface area contributed by atoms with Gasteiger partial charge in [0.2, 0.25) is 0 Å². The quantitative estimate of drug-likeness (QED) is 0.912. The molecule has 3 heterocycles. The summed E-state index contributed by atoms with van der Waals surface area (Å²) in [7, 11) is 0. The van der Waals surface area contributed by atoms with Crippen LogP contribution in [0.2, 0.25) is 0 Å². The molecule has 0 aliphatic carbocycles. The number of nitrogens with zero attached hydrogens (tertiary/aromatic N) is 2. The van der Waals surface area contributed by atoms with Gasteiger partial charge in [0.05, 0.1) is 11.9 Å². The van der Waals surface area contributed by atoms with Crippen LogP contribution in [-0.4, -0.2) is 35.0 Å². The van der Waals surface area contributed by atoms with Crippen LogP contribution >= 0.6 is 11.3 Å². The second-order valence-corrected chi connectivity index (χ2v) is 6.52. The van der Waals surface area contributed by atoms with Crippen LogP contribution in [0.25, 0.3) is 0 Å². The van der Waals surface area contributed by atoms with Crippen LogP contribution in [0.5, 0.6) is 0 Å². The standard InChI is InChI=1S/C16H20N4OS/c1-12(20-7-4-15-13(11-20)5-8-22-15)9-18-16(21)19-14-3-2-6-17-10-14/h2-3,5-6,8,10,12H,4,7,9,11H2,1H3,(H2,18,19,21)/t12-/m0/s1. The van der Waals surface area contributed by atoms with E-state index in [0.717, 1.165) is 19.5 Å². The molecule has 0 radical (unpaired) electrons. The predicted molar refractivity (Wildman–Crippen MR) is 89.2 cm³/mol.